The molecular formula is C18H18ClFN2O4S2. The van der Waals surface area contributed by atoms with Gasteiger partial charge in [0.05, 0.1) is 17.2 Å². The van der Waals surface area contributed by atoms with Crippen LogP contribution in [0, 0.1) is 5.82 Å². The van der Waals surface area contributed by atoms with Crippen LogP contribution in [-0.4, -0.2) is 55.5 Å². The Labute approximate surface area is 171 Å². The third-order valence-electron chi connectivity index (χ3n) is 5.17. The number of hydrogen-bond acceptors (Lipinski definition) is 5. The Morgan fingerprint density at radius 2 is 1.93 bits per heavy atom. The Kier molecular flexibility index (Phi) is 5.22. The molecule has 2 aromatic rings. The molecule has 150 valence electrons. The Morgan fingerprint density at radius 1 is 1.18 bits per heavy atom. The average molecular weight is 445 g/mol. The molecule has 2 aliphatic heterocycles. The summed E-state index contributed by atoms with van der Waals surface area (Å²) >= 11 is 7.17. The zero-order valence-electron chi connectivity index (χ0n) is 14.8. The van der Waals surface area contributed by atoms with Crippen molar-refractivity contribution in [2.24, 2.45) is 0 Å². The number of hydrogen-bond donors (Lipinski definition) is 0. The number of halogens is 2. The van der Waals surface area contributed by atoms with Crippen molar-refractivity contribution in [3.63, 3.8) is 0 Å². The lowest BCUT2D eigenvalue weighted by Gasteiger charge is -2.42. The predicted molar refractivity (Wildman–Crippen MR) is 103 cm³/mol. The molecule has 0 radical (unpaired) electrons. The van der Waals surface area contributed by atoms with Gasteiger partial charge >= 0.3 is 0 Å². The molecule has 0 atom stereocenters. The molecular weight excluding hydrogens is 427 g/mol. The van der Waals surface area contributed by atoms with Crippen molar-refractivity contribution in [1.82, 2.24) is 9.21 Å². The Bertz CT molecular complexity index is 969. The third-order valence-corrected chi connectivity index (χ3v) is 8.80. The average Bonchev–Trinajstić information content (AvgIpc) is 3.33. The van der Waals surface area contributed by atoms with Crippen molar-refractivity contribution in [2.45, 2.75) is 22.8 Å². The van der Waals surface area contributed by atoms with E-state index >= 15 is 0 Å². The van der Waals surface area contributed by atoms with Gasteiger partial charge in [-0.3, -0.25) is 4.79 Å². The van der Waals surface area contributed by atoms with Crippen molar-refractivity contribution < 1.29 is 22.3 Å². The lowest BCUT2D eigenvalue weighted by molar-refractivity contribution is -0.0856. The van der Waals surface area contributed by atoms with Crippen LogP contribution in [0.15, 0.2) is 39.9 Å². The maximum atomic E-state index is 14.1. The second-order valence-corrected chi connectivity index (χ2v) is 10.1. The zero-order chi connectivity index (χ0) is 19.9. The van der Waals surface area contributed by atoms with Gasteiger partial charge < -0.3 is 9.64 Å². The molecule has 2 fully saturated rings. The summed E-state index contributed by atoms with van der Waals surface area (Å²) < 4.78 is 47.6. The standard InChI is InChI=1S/C18H18ClFN2O4S2/c19-13-3-1-4-14(20)16(13)17(23)21-8-6-18(7-9-21)22(10-11-26-18)28(24,25)15-5-2-12-27-15/h1-5,12H,6-11H2. The monoisotopic (exact) mass is 444 g/mol. The molecule has 2 saturated heterocycles. The number of nitrogens with zero attached hydrogens (tertiary/aromatic N) is 2. The number of carbonyl (C=O) groups is 1. The maximum Gasteiger partial charge on any atom is 0.258 e. The number of piperidine rings is 1. The van der Waals surface area contributed by atoms with E-state index in [4.69, 9.17) is 16.3 Å². The van der Waals surface area contributed by atoms with Crippen LogP contribution in [0.4, 0.5) is 4.39 Å². The molecule has 1 amide bonds. The van der Waals surface area contributed by atoms with Crippen molar-refractivity contribution in [2.75, 3.05) is 26.2 Å². The number of carbonyl (C=O) groups excluding carboxylic acids is 1. The highest BCUT2D eigenvalue weighted by atomic mass is 35.5. The number of rotatable bonds is 3. The minimum Gasteiger partial charge on any atom is -0.358 e. The number of benzene rings is 1. The maximum absolute atomic E-state index is 14.1. The first-order chi connectivity index (χ1) is 13.3. The van der Waals surface area contributed by atoms with E-state index in [0.717, 1.165) is 11.3 Å². The second kappa shape index (κ2) is 7.38. The third kappa shape index (κ3) is 3.25. The van der Waals surface area contributed by atoms with Gasteiger partial charge in [0.25, 0.3) is 15.9 Å². The molecule has 0 unspecified atom stereocenters. The first-order valence-electron chi connectivity index (χ1n) is 8.79. The molecule has 0 N–H and O–H groups in total. The van der Waals surface area contributed by atoms with Crippen LogP contribution in [-0.2, 0) is 14.8 Å². The lowest BCUT2D eigenvalue weighted by Crippen LogP contribution is -2.55. The molecule has 28 heavy (non-hydrogen) atoms. The van der Waals surface area contributed by atoms with Crippen LogP contribution in [0.5, 0.6) is 0 Å². The first-order valence-corrected chi connectivity index (χ1v) is 11.5. The fraction of sp³-hybridized carbons (Fsp3) is 0.389. The van der Waals surface area contributed by atoms with Crippen molar-refractivity contribution in [3.05, 3.63) is 52.1 Å². The van der Waals surface area contributed by atoms with E-state index in [1.54, 1.807) is 17.5 Å². The minimum atomic E-state index is -3.66. The molecule has 1 aromatic heterocycles. The normalized spacial score (nSPS) is 20.0. The van der Waals surface area contributed by atoms with Gasteiger partial charge in [0.1, 0.15) is 15.8 Å². The molecule has 1 aromatic carbocycles. The summed E-state index contributed by atoms with van der Waals surface area (Å²) in [5.74, 6) is -1.17. The fourth-order valence-electron chi connectivity index (χ4n) is 3.77. The summed E-state index contributed by atoms with van der Waals surface area (Å²) in [6.45, 7) is 1.07. The van der Waals surface area contributed by atoms with Gasteiger partial charge in [-0.15, -0.1) is 11.3 Å². The van der Waals surface area contributed by atoms with Crippen LogP contribution in [0.1, 0.15) is 23.2 Å². The van der Waals surface area contributed by atoms with Crippen molar-refractivity contribution in [1.29, 1.82) is 0 Å². The molecule has 6 nitrogen and oxygen atoms in total. The number of ether oxygens (including phenoxy) is 1. The molecule has 0 aliphatic carbocycles. The molecule has 4 rings (SSSR count). The van der Waals surface area contributed by atoms with Crippen LogP contribution < -0.4 is 0 Å². The Hall–Kier alpha value is -1.52. The number of amides is 1. The van der Waals surface area contributed by atoms with Gasteiger partial charge in [0.2, 0.25) is 0 Å². The van der Waals surface area contributed by atoms with Crippen LogP contribution in [0.2, 0.25) is 5.02 Å². The largest absolute Gasteiger partial charge is 0.358 e. The molecule has 0 bridgehead atoms. The summed E-state index contributed by atoms with van der Waals surface area (Å²) in [4.78, 5) is 14.2. The van der Waals surface area contributed by atoms with E-state index < -0.39 is 27.5 Å². The summed E-state index contributed by atoms with van der Waals surface area (Å²) in [5.41, 5.74) is -1.13. The van der Waals surface area contributed by atoms with Gasteiger partial charge in [0.15, 0.2) is 0 Å². The van der Waals surface area contributed by atoms with Crippen LogP contribution in [0.25, 0.3) is 0 Å². The summed E-state index contributed by atoms with van der Waals surface area (Å²) in [6, 6.07) is 7.38. The van der Waals surface area contributed by atoms with Gasteiger partial charge in [-0.2, -0.15) is 4.31 Å². The molecule has 1 spiro atoms. The van der Waals surface area contributed by atoms with E-state index in [0.29, 0.717) is 19.4 Å². The summed E-state index contributed by atoms with van der Waals surface area (Å²) in [6.07, 6.45) is 0.630. The molecule has 0 saturated carbocycles. The number of sulfonamides is 1. The highest BCUT2D eigenvalue weighted by Gasteiger charge is 2.51. The first kappa shape index (κ1) is 19.8. The number of thiophene rings is 1. The quantitative estimate of drug-likeness (QED) is 0.729. The summed E-state index contributed by atoms with van der Waals surface area (Å²) in [5, 5.41) is 1.78. The van der Waals surface area contributed by atoms with Crippen LogP contribution >= 0.6 is 22.9 Å². The Balaban J connectivity index is 1.54. The van der Waals surface area contributed by atoms with E-state index in [-0.39, 0.29) is 34.4 Å². The van der Waals surface area contributed by atoms with E-state index in [2.05, 4.69) is 0 Å². The SMILES string of the molecule is O=C(c1c(F)cccc1Cl)N1CCC2(CC1)OCCN2S(=O)(=O)c1cccs1. The topological polar surface area (TPSA) is 66.9 Å². The fourth-order valence-corrected chi connectivity index (χ4v) is 6.84. The minimum absolute atomic E-state index is 0.0595. The van der Waals surface area contributed by atoms with Gasteiger partial charge in [0, 0.05) is 32.5 Å². The van der Waals surface area contributed by atoms with E-state index in [1.807, 2.05) is 0 Å². The highest BCUT2D eigenvalue weighted by molar-refractivity contribution is 7.91. The summed E-state index contributed by atoms with van der Waals surface area (Å²) in [7, 11) is -3.66. The lowest BCUT2D eigenvalue weighted by atomic mass is 10.00. The Morgan fingerprint density at radius 3 is 2.57 bits per heavy atom. The van der Waals surface area contributed by atoms with E-state index in [9.17, 15) is 17.6 Å². The second-order valence-electron chi connectivity index (χ2n) is 6.69. The molecule has 2 aliphatic rings. The predicted octanol–water partition coefficient (Wildman–Crippen LogP) is 3.19. The van der Waals surface area contributed by atoms with Gasteiger partial charge in [-0.05, 0) is 23.6 Å². The van der Waals surface area contributed by atoms with Gasteiger partial charge in [-0.1, -0.05) is 23.7 Å². The van der Waals surface area contributed by atoms with Crippen molar-refractivity contribution in [3.8, 4) is 0 Å². The van der Waals surface area contributed by atoms with Crippen LogP contribution in [0.3, 0.4) is 0 Å². The highest BCUT2D eigenvalue weighted by Crippen LogP contribution is 2.39. The molecule has 3 heterocycles. The van der Waals surface area contributed by atoms with Crippen molar-refractivity contribution >= 4 is 38.9 Å². The zero-order valence-corrected chi connectivity index (χ0v) is 17.2. The smallest absolute Gasteiger partial charge is 0.258 e. The van der Waals surface area contributed by atoms with E-state index in [1.165, 1.54) is 27.4 Å². The number of likely N-dealkylation sites (tertiary alicyclic amines) is 1. The molecule has 10 heteroatoms. The van der Waals surface area contributed by atoms with Gasteiger partial charge in [-0.25, -0.2) is 12.8 Å².